The summed E-state index contributed by atoms with van der Waals surface area (Å²) in [4.78, 5) is 14.3. The van der Waals surface area contributed by atoms with Crippen LogP contribution in [0, 0.1) is 11.3 Å². The highest BCUT2D eigenvalue weighted by Gasteiger charge is 2.38. The van der Waals surface area contributed by atoms with E-state index in [9.17, 15) is 13.2 Å². The minimum atomic E-state index is -3.26. The summed E-state index contributed by atoms with van der Waals surface area (Å²) in [5.41, 5.74) is 5.76. The SMILES string of the molecule is CCS(=O)(=O)C1CSCCN1C(=O)C(CN)CC(C)(C)C. The molecule has 2 N–H and O–H groups in total. The van der Waals surface area contributed by atoms with Gasteiger partial charge in [0.25, 0.3) is 0 Å². The van der Waals surface area contributed by atoms with Crippen molar-refractivity contribution in [3.63, 3.8) is 0 Å². The Bertz CT molecular complexity index is 457. The van der Waals surface area contributed by atoms with E-state index in [4.69, 9.17) is 5.73 Å². The molecule has 124 valence electrons. The van der Waals surface area contributed by atoms with E-state index in [-0.39, 0.29) is 29.5 Å². The van der Waals surface area contributed by atoms with Crippen LogP contribution in [0.25, 0.3) is 0 Å². The van der Waals surface area contributed by atoms with Crippen molar-refractivity contribution in [2.24, 2.45) is 17.1 Å². The van der Waals surface area contributed by atoms with Gasteiger partial charge in [0.15, 0.2) is 9.84 Å². The number of thioether (sulfide) groups is 1. The fraction of sp³-hybridized carbons (Fsp3) is 0.929. The molecule has 5 nitrogen and oxygen atoms in total. The third-order valence-electron chi connectivity index (χ3n) is 3.68. The first-order valence-electron chi connectivity index (χ1n) is 7.42. The van der Waals surface area contributed by atoms with Crippen molar-refractivity contribution in [1.29, 1.82) is 0 Å². The summed E-state index contributed by atoms with van der Waals surface area (Å²) < 4.78 is 24.5. The molecule has 1 amide bonds. The van der Waals surface area contributed by atoms with Crippen molar-refractivity contribution in [3.8, 4) is 0 Å². The van der Waals surface area contributed by atoms with Gasteiger partial charge in [-0.3, -0.25) is 4.79 Å². The summed E-state index contributed by atoms with van der Waals surface area (Å²) >= 11 is 1.59. The first-order valence-corrected chi connectivity index (χ1v) is 10.3. The zero-order valence-corrected chi connectivity index (χ0v) is 15.1. The molecule has 0 aromatic heterocycles. The second kappa shape index (κ2) is 7.33. The largest absolute Gasteiger partial charge is 0.330 e. The summed E-state index contributed by atoms with van der Waals surface area (Å²) in [7, 11) is -3.26. The number of nitrogens with two attached hydrogens (primary N) is 1. The fourth-order valence-electron chi connectivity index (χ4n) is 2.57. The van der Waals surface area contributed by atoms with E-state index in [1.807, 2.05) is 0 Å². The van der Waals surface area contributed by atoms with E-state index in [1.165, 1.54) is 0 Å². The zero-order valence-electron chi connectivity index (χ0n) is 13.5. The Labute approximate surface area is 132 Å². The molecule has 2 unspecified atom stereocenters. The van der Waals surface area contributed by atoms with Crippen LogP contribution in [0.1, 0.15) is 34.1 Å². The lowest BCUT2D eigenvalue weighted by atomic mass is 9.84. The first-order chi connectivity index (χ1) is 9.62. The summed E-state index contributed by atoms with van der Waals surface area (Å²) in [5, 5.41) is -0.692. The van der Waals surface area contributed by atoms with E-state index >= 15 is 0 Å². The van der Waals surface area contributed by atoms with E-state index in [2.05, 4.69) is 20.8 Å². The summed E-state index contributed by atoms with van der Waals surface area (Å²) in [6.45, 7) is 8.58. The number of amides is 1. The van der Waals surface area contributed by atoms with E-state index in [0.29, 0.717) is 18.7 Å². The molecule has 0 aromatic rings. The topological polar surface area (TPSA) is 80.5 Å². The monoisotopic (exact) mass is 336 g/mol. The Kier molecular flexibility index (Phi) is 6.55. The summed E-state index contributed by atoms with van der Waals surface area (Å²) in [6, 6.07) is 0. The van der Waals surface area contributed by atoms with Crippen LogP contribution >= 0.6 is 11.8 Å². The summed E-state index contributed by atoms with van der Waals surface area (Å²) in [5.74, 6) is 0.912. The Morgan fingerprint density at radius 3 is 2.52 bits per heavy atom. The highest BCUT2D eigenvalue weighted by atomic mass is 32.2. The van der Waals surface area contributed by atoms with Crippen LogP contribution in [0.3, 0.4) is 0 Å². The molecule has 1 aliphatic heterocycles. The number of sulfone groups is 1. The van der Waals surface area contributed by atoms with E-state index in [0.717, 1.165) is 5.75 Å². The maximum absolute atomic E-state index is 12.8. The fourth-order valence-corrected chi connectivity index (χ4v) is 5.54. The quantitative estimate of drug-likeness (QED) is 0.819. The van der Waals surface area contributed by atoms with Crippen LogP contribution in [0.15, 0.2) is 0 Å². The number of nitrogens with zero attached hydrogens (tertiary/aromatic N) is 1. The standard InChI is InChI=1S/C14H28N2O3S2/c1-5-21(18,19)12-10-20-7-6-16(12)13(17)11(9-15)8-14(2,3)4/h11-12H,5-10,15H2,1-4H3. The lowest BCUT2D eigenvalue weighted by Gasteiger charge is -2.37. The molecule has 0 saturated carbocycles. The molecule has 1 rings (SSSR count). The highest BCUT2D eigenvalue weighted by Crippen LogP contribution is 2.28. The number of carbonyl (C=O) groups is 1. The van der Waals surface area contributed by atoms with Gasteiger partial charge in [0.1, 0.15) is 5.37 Å². The van der Waals surface area contributed by atoms with Gasteiger partial charge in [-0.15, -0.1) is 0 Å². The van der Waals surface area contributed by atoms with Gasteiger partial charge in [-0.25, -0.2) is 8.42 Å². The van der Waals surface area contributed by atoms with Crippen LogP contribution < -0.4 is 5.73 Å². The highest BCUT2D eigenvalue weighted by molar-refractivity contribution is 8.01. The van der Waals surface area contributed by atoms with Crippen LogP contribution in [-0.4, -0.2) is 54.9 Å². The van der Waals surface area contributed by atoms with Crippen molar-refractivity contribution < 1.29 is 13.2 Å². The average Bonchev–Trinajstić information content (AvgIpc) is 2.43. The van der Waals surface area contributed by atoms with Crippen LogP contribution in [-0.2, 0) is 14.6 Å². The molecular weight excluding hydrogens is 308 g/mol. The molecule has 1 saturated heterocycles. The van der Waals surface area contributed by atoms with Gasteiger partial charge in [-0.2, -0.15) is 11.8 Å². The maximum Gasteiger partial charge on any atom is 0.228 e. The normalized spacial score (nSPS) is 22.1. The predicted octanol–water partition coefficient (Wildman–Crippen LogP) is 1.33. The Morgan fingerprint density at radius 1 is 1.43 bits per heavy atom. The number of hydrogen-bond donors (Lipinski definition) is 1. The molecule has 0 aliphatic carbocycles. The second-order valence-corrected chi connectivity index (χ2v) is 10.3. The average molecular weight is 337 g/mol. The van der Waals surface area contributed by atoms with Crippen LogP contribution in [0.5, 0.6) is 0 Å². The van der Waals surface area contributed by atoms with Gasteiger partial charge >= 0.3 is 0 Å². The molecule has 1 heterocycles. The molecule has 0 bridgehead atoms. The lowest BCUT2D eigenvalue weighted by molar-refractivity contribution is -0.136. The minimum absolute atomic E-state index is 0.0106. The third-order valence-corrected chi connectivity index (χ3v) is 6.97. The third kappa shape index (κ3) is 5.14. The number of hydrogen-bond acceptors (Lipinski definition) is 5. The van der Waals surface area contributed by atoms with Crippen molar-refractivity contribution in [2.75, 3.05) is 30.3 Å². The van der Waals surface area contributed by atoms with Crippen LogP contribution in [0.2, 0.25) is 0 Å². The second-order valence-electron chi connectivity index (χ2n) is 6.71. The molecular formula is C14H28N2O3S2. The van der Waals surface area contributed by atoms with Crippen molar-refractivity contribution in [1.82, 2.24) is 4.90 Å². The molecule has 0 aromatic carbocycles. The Balaban J connectivity index is 2.95. The molecule has 0 radical (unpaired) electrons. The molecule has 21 heavy (non-hydrogen) atoms. The van der Waals surface area contributed by atoms with Gasteiger partial charge in [0.05, 0.1) is 5.92 Å². The molecule has 7 heteroatoms. The van der Waals surface area contributed by atoms with Crippen molar-refractivity contribution >= 4 is 27.5 Å². The maximum atomic E-state index is 12.8. The lowest BCUT2D eigenvalue weighted by Crippen LogP contribution is -2.53. The smallest absolute Gasteiger partial charge is 0.228 e. The van der Waals surface area contributed by atoms with Gasteiger partial charge in [0, 0.05) is 30.3 Å². The van der Waals surface area contributed by atoms with Gasteiger partial charge in [-0.1, -0.05) is 27.7 Å². The van der Waals surface area contributed by atoms with Crippen molar-refractivity contribution in [2.45, 2.75) is 39.5 Å². The number of carbonyl (C=O) groups excluding carboxylic acids is 1. The first kappa shape index (κ1) is 18.8. The minimum Gasteiger partial charge on any atom is -0.330 e. The molecule has 2 atom stereocenters. The molecule has 0 spiro atoms. The molecule has 1 aliphatic rings. The Morgan fingerprint density at radius 2 is 2.05 bits per heavy atom. The van der Waals surface area contributed by atoms with Gasteiger partial charge in [0.2, 0.25) is 5.91 Å². The predicted molar refractivity (Wildman–Crippen MR) is 88.9 cm³/mol. The van der Waals surface area contributed by atoms with E-state index < -0.39 is 15.2 Å². The van der Waals surface area contributed by atoms with Gasteiger partial charge in [-0.05, 0) is 11.8 Å². The Hall–Kier alpha value is -0.270. The summed E-state index contributed by atoms with van der Waals surface area (Å²) in [6.07, 6.45) is 0.671. The van der Waals surface area contributed by atoms with Gasteiger partial charge < -0.3 is 10.6 Å². The van der Waals surface area contributed by atoms with E-state index in [1.54, 1.807) is 23.6 Å². The molecule has 1 fully saturated rings. The van der Waals surface area contributed by atoms with Crippen LogP contribution in [0.4, 0.5) is 0 Å². The van der Waals surface area contributed by atoms with Crippen molar-refractivity contribution in [3.05, 3.63) is 0 Å². The number of rotatable bonds is 5. The zero-order chi connectivity index (χ0) is 16.3.